The van der Waals surface area contributed by atoms with Gasteiger partial charge >= 0.3 is 0 Å². The van der Waals surface area contributed by atoms with Crippen molar-refractivity contribution in [3.63, 3.8) is 0 Å². The molecule has 3 nitrogen and oxygen atoms in total. The number of aryl methyl sites for hydroxylation is 1. The van der Waals surface area contributed by atoms with E-state index in [-0.39, 0.29) is 12.2 Å². The number of hydrogen-bond donors (Lipinski definition) is 1. The zero-order valence-corrected chi connectivity index (χ0v) is 8.79. The van der Waals surface area contributed by atoms with Crippen LogP contribution in [0.3, 0.4) is 0 Å². The van der Waals surface area contributed by atoms with Crippen molar-refractivity contribution in [3.05, 3.63) is 33.7 Å². The Bertz CT molecular complexity index is 355. The number of hydrogen-bond acceptors (Lipinski definition) is 2. The zero-order valence-electron chi connectivity index (χ0n) is 8.79. The van der Waals surface area contributed by atoms with E-state index in [1.54, 1.807) is 10.6 Å². The summed E-state index contributed by atoms with van der Waals surface area (Å²) in [5.74, 6) is 0. The van der Waals surface area contributed by atoms with Gasteiger partial charge in [0.1, 0.15) is 0 Å². The highest BCUT2D eigenvalue weighted by Gasteiger charge is 2.04. The molecular weight excluding hydrogens is 178 g/mol. The molecule has 0 unspecified atom stereocenters. The second-order valence-electron chi connectivity index (χ2n) is 3.47. The van der Waals surface area contributed by atoms with Crippen LogP contribution < -0.4 is 5.56 Å². The highest BCUT2D eigenvalue weighted by Crippen LogP contribution is 2.00. The van der Waals surface area contributed by atoms with E-state index in [1.807, 2.05) is 13.0 Å². The van der Waals surface area contributed by atoms with Crippen LogP contribution in [0, 0.1) is 6.92 Å². The highest BCUT2D eigenvalue weighted by atomic mass is 16.3. The summed E-state index contributed by atoms with van der Waals surface area (Å²) >= 11 is 0. The van der Waals surface area contributed by atoms with Crippen LogP contribution in [-0.2, 0) is 13.2 Å². The predicted molar refractivity (Wildman–Crippen MR) is 56.3 cm³/mol. The molecule has 0 amide bonds. The average molecular weight is 195 g/mol. The third-order valence-corrected chi connectivity index (χ3v) is 2.38. The van der Waals surface area contributed by atoms with E-state index in [0.717, 1.165) is 25.1 Å². The van der Waals surface area contributed by atoms with Crippen molar-refractivity contribution in [1.29, 1.82) is 0 Å². The molecule has 1 aromatic rings. The first-order valence-electron chi connectivity index (χ1n) is 5.01. The van der Waals surface area contributed by atoms with Gasteiger partial charge in [0.05, 0.1) is 6.61 Å². The van der Waals surface area contributed by atoms with Gasteiger partial charge in [-0.1, -0.05) is 13.3 Å². The third kappa shape index (κ3) is 2.23. The molecule has 0 saturated heterocycles. The second-order valence-corrected chi connectivity index (χ2v) is 3.47. The molecule has 0 spiro atoms. The van der Waals surface area contributed by atoms with Gasteiger partial charge < -0.3 is 9.67 Å². The van der Waals surface area contributed by atoms with Crippen LogP contribution >= 0.6 is 0 Å². The van der Waals surface area contributed by atoms with Crippen molar-refractivity contribution in [2.24, 2.45) is 0 Å². The van der Waals surface area contributed by atoms with E-state index >= 15 is 0 Å². The molecule has 0 bridgehead atoms. The minimum atomic E-state index is -0.175. The van der Waals surface area contributed by atoms with Gasteiger partial charge in [0.25, 0.3) is 5.56 Å². The van der Waals surface area contributed by atoms with E-state index in [4.69, 9.17) is 5.11 Å². The minimum Gasteiger partial charge on any atom is -0.391 e. The lowest BCUT2D eigenvalue weighted by molar-refractivity contribution is 0.279. The predicted octanol–water partition coefficient (Wildman–Crippen LogP) is 1.45. The van der Waals surface area contributed by atoms with Gasteiger partial charge in [0.2, 0.25) is 0 Å². The molecule has 0 radical (unpaired) electrons. The van der Waals surface area contributed by atoms with Gasteiger partial charge in [0, 0.05) is 17.8 Å². The van der Waals surface area contributed by atoms with E-state index in [1.165, 1.54) is 0 Å². The van der Waals surface area contributed by atoms with Crippen molar-refractivity contribution < 1.29 is 5.11 Å². The second kappa shape index (κ2) is 4.96. The lowest BCUT2D eigenvalue weighted by atomic mass is 10.2. The maximum absolute atomic E-state index is 11.7. The molecule has 1 heterocycles. The Balaban J connectivity index is 3.06. The average Bonchev–Trinajstić information content (AvgIpc) is 2.18. The maximum Gasteiger partial charge on any atom is 0.256 e. The van der Waals surface area contributed by atoms with E-state index in [0.29, 0.717) is 5.56 Å². The van der Waals surface area contributed by atoms with E-state index in [9.17, 15) is 4.79 Å². The summed E-state index contributed by atoms with van der Waals surface area (Å²) in [5, 5.41) is 8.95. The Kier molecular flexibility index (Phi) is 3.89. The third-order valence-electron chi connectivity index (χ3n) is 2.38. The number of aromatic nitrogens is 1. The first kappa shape index (κ1) is 11.0. The number of pyridine rings is 1. The molecule has 0 atom stereocenters. The first-order chi connectivity index (χ1) is 6.70. The molecule has 1 aromatic heterocycles. The largest absolute Gasteiger partial charge is 0.391 e. The Morgan fingerprint density at radius 1 is 1.43 bits per heavy atom. The zero-order chi connectivity index (χ0) is 10.6. The normalized spacial score (nSPS) is 10.5. The van der Waals surface area contributed by atoms with Gasteiger partial charge in [0.15, 0.2) is 0 Å². The summed E-state index contributed by atoms with van der Waals surface area (Å²) < 4.78 is 1.73. The molecule has 0 aliphatic rings. The fourth-order valence-corrected chi connectivity index (χ4v) is 1.43. The fourth-order valence-electron chi connectivity index (χ4n) is 1.43. The van der Waals surface area contributed by atoms with Crippen molar-refractivity contribution in [3.8, 4) is 0 Å². The molecule has 0 saturated carbocycles. The van der Waals surface area contributed by atoms with Crippen molar-refractivity contribution >= 4 is 0 Å². The topological polar surface area (TPSA) is 42.2 Å². The van der Waals surface area contributed by atoms with Crippen molar-refractivity contribution in [2.45, 2.75) is 39.8 Å². The van der Waals surface area contributed by atoms with Crippen LogP contribution in [0.15, 0.2) is 16.9 Å². The molecule has 78 valence electrons. The summed E-state index contributed by atoms with van der Waals surface area (Å²) in [6, 6.07) is 3.57. The van der Waals surface area contributed by atoms with Crippen LogP contribution in [0.5, 0.6) is 0 Å². The lowest BCUT2D eigenvalue weighted by Crippen LogP contribution is -2.25. The monoisotopic (exact) mass is 195 g/mol. The molecule has 1 rings (SSSR count). The highest BCUT2D eigenvalue weighted by molar-refractivity contribution is 5.14. The Morgan fingerprint density at radius 2 is 2.14 bits per heavy atom. The van der Waals surface area contributed by atoms with Crippen molar-refractivity contribution in [2.75, 3.05) is 0 Å². The van der Waals surface area contributed by atoms with E-state index in [2.05, 4.69) is 6.92 Å². The van der Waals surface area contributed by atoms with Crippen LogP contribution in [-0.4, -0.2) is 9.67 Å². The quantitative estimate of drug-likeness (QED) is 0.790. The lowest BCUT2D eigenvalue weighted by Gasteiger charge is -2.10. The molecule has 0 aliphatic carbocycles. The SMILES string of the molecule is CCCCn1c(C)ccc(CO)c1=O. The van der Waals surface area contributed by atoms with Gasteiger partial charge in [-0.15, -0.1) is 0 Å². The van der Waals surface area contributed by atoms with Crippen LogP contribution in [0.2, 0.25) is 0 Å². The standard InChI is InChI=1S/C11H17NO2/c1-3-4-7-12-9(2)5-6-10(8-13)11(12)14/h5-6,13H,3-4,7-8H2,1-2H3. The minimum absolute atomic E-state index is 0.0547. The molecule has 0 aromatic carbocycles. The maximum atomic E-state index is 11.7. The first-order valence-corrected chi connectivity index (χ1v) is 5.01. The summed E-state index contributed by atoms with van der Waals surface area (Å²) in [5.41, 5.74) is 1.38. The van der Waals surface area contributed by atoms with E-state index < -0.39 is 0 Å². The molecule has 14 heavy (non-hydrogen) atoms. The van der Waals surface area contributed by atoms with Gasteiger partial charge in [-0.25, -0.2) is 0 Å². The number of rotatable bonds is 4. The summed E-state index contributed by atoms with van der Waals surface area (Å²) in [7, 11) is 0. The molecular formula is C11H17NO2. The molecule has 0 fully saturated rings. The smallest absolute Gasteiger partial charge is 0.256 e. The van der Waals surface area contributed by atoms with Gasteiger partial charge in [-0.2, -0.15) is 0 Å². The fraction of sp³-hybridized carbons (Fsp3) is 0.545. The number of unbranched alkanes of at least 4 members (excludes halogenated alkanes) is 1. The summed E-state index contributed by atoms with van der Waals surface area (Å²) in [6.07, 6.45) is 2.06. The molecule has 3 heteroatoms. The van der Waals surface area contributed by atoms with Gasteiger partial charge in [-0.3, -0.25) is 4.79 Å². The number of nitrogens with zero attached hydrogens (tertiary/aromatic N) is 1. The Morgan fingerprint density at radius 3 is 2.71 bits per heavy atom. The van der Waals surface area contributed by atoms with Crippen LogP contribution in [0.25, 0.3) is 0 Å². The van der Waals surface area contributed by atoms with Crippen LogP contribution in [0.1, 0.15) is 31.0 Å². The van der Waals surface area contributed by atoms with Crippen molar-refractivity contribution in [1.82, 2.24) is 4.57 Å². The number of aliphatic hydroxyl groups excluding tert-OH is 1. The molecule has 0 aliphatic heterocycles. The molecule has 1 N–H and O–H groups in total. The number of aliphatic hydroxyl groups is 1. The Hall–Kier alpha value is -1.09. The van der Waals surface area contributed by atoms with Gasteiger partial charge in [-0.05, 0) is 25.5 Å². The summed E-state index contributed by atoms with van der Waals surface area (Å²) in [6.45, 7) is 4.58. The van der Waals surface area contributed by atoms with Crippen LogP contribution in [0.4, 0.5) is 0 Å². The Labute approximate surface area is 84.0 Å². The summed E-state index contributed by atoms with van der Waals surface area (Å²) in [4.78, 5) is 11.7.